The van der Waals surface area contributed by atoms with Crippen molar-refractivity contribution >= 4 is 11.8 Å². The summed E-state index contributed by atoms with van der Waals surface area (Å²) in [5, 5.41) is 7.12. The third-order valence-corrected chi connectivity index (χ3v) is 4.13. The molecule has 0 aliphatic carbocycles. The Morgan fingerprint density at radius 2 is 1.86 bits per heavy atom. The number of carbonyl (C=O) groups is 1. The number of pyridine rings is 1. The molecular formula is C18H22F3N5O2. The molecule has 1 aliphatic rings. The van der Waals surface area contributed by atoms with Crippen molar-refractivity contribution in [2.24, 2.45) is 0 Å². The summed E-state index contributed by atoms with van der Waals surface area (Å²) in [4.78, 5) is 26.8. The van der Waals surface area contributed by atoms with Gasteiger partial charge in [0.25, 0.3) is 0 Å². The van der Waals surface area contributed by atoms with Gasteiger partial charge in [0.15, 0.2) is 0 Å². The number of aliphatic carboxylic acids is 1. The van der Waals surface area contributed by atoms with E-state index in [1.165, 1.54) is 11.3 Å². The van der Waals surface area contributed by atoms with Crippen LogP contribution in [0.4, 0.5) is 19.0 Å². The van der Waals surface area contributed by atoms with Crippen molar-refractivity contribution in [2.45, 2.75) is 25.6 Å². The van der Waals surface area contributed by atoms with Gasteiger partial charge in [-0.25, -0.2) is 14.8 Å². The third-order valence-electron chi connectivity index (χ3n) is 4.13. The van der Waals surface area contributed by atoms with Gasteiger partial charge in [-0.15, -0.1) is 0 Å². The second-order valence-electron chi connectivity index (χ2n) is 6.42. The van der Waals surface area contributed by atoms with Crippen molar-refractivity contribution < 1.29 is 23.1 Å². The number of hydrogen-bond donors (Lipinski definition) is 1. The molecular weight excluding hydrogens is 375 g/mol. The first-order valence-corrected chi connectivity index (χ1v) is 8.61. The molecule has 3 rings (SSSR count). The number of hydrogen-bond acceptors (Lipinski definition) is 6. The van der Waals surface area contributed by atoms with E-state index in [0.29, 0.717) is 0 Å². The van der Waals surface area contributed by atoms with E-state index in [4.69, 9.17) is 9.90 Å². The summed E-state index contributed by atoms with van der Waals surface area (Å²) in [6.45, 7) is 2.95. The van der Waals surface area contributed by atoms with Crippen molar-refractivity contribution in [3.8, 4) is 0 Å². The minimum Gasteiger partial charge on any atom is -0.475 e. The predicted octanol–water partition coefficient (Wildman–Crippen LogP) is 2.17. The fourth-order valence-corrected chi connectivity index (χ4v) is 2.82. The minimum atomic E-state index is -5.08. The molecule has 0 spiro atoms. The average Bonchev–Trinajstić information content (AvgIpc) is 2.84. The maximum absolute atomic E-state index is 10.6. The molecule has 0 fully saturated rings. The maximum Gasteiger partial charge on any atom is 0.490 e. The number of fused-ring (bicyclic) bond motifs is 1. The zero-order valence-electron chi connectivity index (χ0n) is 15.6. The minimum absolute atomic E-state index is 0.902. The molecule has 3 heterocycles. The van der Waals surface area contributed by atoms with Gasteiger partial charge < -0.3 is 10.0 Å². The summed E-state index contributed by atoms with van der Waals surface area (Å²) in [5.74, 6) is -1.70. The molecule has 10 heteroatoms. The molecule has 1 aliphatic heterocycles. The van der Waals surface area contributed by atoms with Gasteiger partial charge in [-0.3, -0.25) is 9.88 Å². The van der Waals surface area contributed by atoms with Gasteiger partial charge in [0.2, 0.25) is 0 Å². The van der Waals surface area contributed by atoms with Crippen molar-refractivity contribution in [2.75, 3.05) is 32.1 Å². The Morgan fingerprint density at radius 1 is 1.18 bits per heavy atom. The molecule has 0 aromatic carbocycles. The SMILES string of the molecule is CN(C)c1ncnc2c1CCN(Cc1ccccn1)CC2.O=C(O)C(F)(F)F. The Bertz CT molecular complexity index is 785. The van der Waals surface area contributed by atoms with E-state index in [1.807, 2.05) is 32.4 Å². The van der Waals surface area contributed by atoms with E-state index in [1.54, 1.807) is 6.33 Å². The lowest BCUT2D eigenvalue weighted by molar-refractivity contribution is -0.192. The summed E-state index contributed by atoms with van der Waals surface area (Å²) < 4.78 is 31.7. The van der Waals surface area contributed by atoms with Gasteiger partial charge in [-0.05, 0) is 18.6 Å². The quantitative estimate of drug-likeness (QED) is 0.850. The van der Waals surface area contributed by atoms with Crippen LogP contribution in [0.2, 0.25) is 0 Å². The van der Waals surface area contributed by atoms with E-state index in [9.17, 15) is 13.2 Å². The number of alkyl halides is 3. The first-order valence-electron chi connectivity index (χ1n) is 8.61. The Morgan fingerprint density at radius 3 is 2.43 bits per heavy atom. The lowest BCUT2D eigenvalue weighted by atomic mass is 10.1. The van der Waals surface area contributed by atoms with Gasteiger partial charge in [-0.2, -0.15) is 13.2 Å². The molecule has 0 radical (unpaired) electrons. The Hall–Kier alpha value is -2.75. The van der Waals surface area contributed by atoms with Crippen LogP contribution in [0.5, 0.6) is 0 Å². The molecule has 0 saturated heterocycles. The first-order chi connectivity index (χ1) is 13.2. The molecule has 0 saturated carbocycles. The lowest BCUT2D eigenvalue weighted by Crippen LogP contribution is -2.26. The van der Waals surface area contributed by atoms with E-state index in [2.05, 4.69) is 30.8 Å². The standard InChI is InChI=1S/C16H21N5.C2HF3O2/c1-20(2)16-14-6-9-21(10-7-15(14)18-12-19-16)11-13-5-3-4-8-17-13;3-2(4,5)1(6)7/h3-5,8,12H,6-7,9-11H2,1-2H3;(H,6,7). The van der Waals surface area contributed by atoms with Crippen molar-refractivity contribution in [1.82, 2.24) is 19.9 Å². The highest BCUT2D eigenvalue weighted by Crippen LogP contribution is 2.22. The summed E-state index contributed by atoms with van der Waals surface area (Å²) in [6.07, 6.45) is 0.433. The Balaban J connectivity index is 0.000000345. The number of nitrogens with zero attached hydrogens (tertiary/aromatic N) is 5. The number of aromatic nitrogens is 3. The molecule has 0 atom stereocenters. The third kappa shape index (κ3) is 6.15. The summed E-state index contributed by atoms with van der Waals surface area (Å²) >= 11 is 0. The highest BCUT2D eigenvalue weighted by molar-refractivity contribution is 5.73. The second kappa shape index (κ2) is 9.45. The molecule has 7 nitrogen and oxygen atoms in total. The molecule has 28 heavy (non-hydrogen) atoms. The highest BCUT2D eigenvalue weighted by atomic mass is 19.4. The summed E-state index contributed by atoms with van der Waals surface area (Å²) in [5.41, 5.74) is 3.62. The van der Waals surface area contributed by atoms with E-state index >= 15 is 0 Å². The van der Waals surface area contributed by atoms with Crippen LogP contribution >= 0.6 is 0 Å². The summed E-state index contributed by atoms with van der Waals surface area (Å²) in [7, 11) is 4.08. The fraction of sp³-hybridized carbons (Fsp3) is 0.444. The van der Waals surface area contributed by atoms with Gasteiger partial charge in [-0.1, -0.05) is 6.07 Å². The molecule has 0 amide bonds. The van der Waals surface area contributed by atoms with Crippen LogP contribution < -0.4 is 4.90 Å². The van der Waals surface area contributed by atoms with Gasteiger partial charge in [0.1, 0.15) is 12.1 Å². The van der Waals surface area contributed by atoms with Crippen molar-refractivity contribution in [3.63, 3.8) is 0 Å². The van der Waals surface area contributed by atoms with E-state index in [-0.39, 0.29) is 0 Å². The molecule has 152 valence electrons. The topological polar surface area (TPSA) is 82.5 Å². The normalized spacial score (nSPS) is 14.3. The molecule has 2 aromatic heterocycles. The number of rotatable bonds is 3. The van der Waals surface area contributed by atoms with Crippen LogP contribution in [-0.2, 0) is 24.2 Å². The van der Waals surface area contributed by atoms with Crippen molar-refractivity contribution in [3.05, 3.63) is 47.7 Å². The second-order valence-corrected chi connectivity index (χ2v) is 6.42. The van der Waals surface area contributed by atoms with Crippen molar-refractivity contribution in [1.29, 1.82) is 0 Å². The highest BCUT2D eigenvalue weighted by Gasteiger charge is 2.38. The van der Waals surface area contributed by atoms with Crippen LogP contribution in [0.1, 0.15) is 17.0 Å². The van der Waals surface area contributed by atoms with Crippen LogP contribution in [0.3, 0.4) is 0 Å². The van der Waals surface area contributed by atoms with E-state index in [0.717, 1.165) is 44.0 Å². The van der Waals surface area contributed by atoms with Gasteiger partial charge >= 0.3 is 12.1 Å². The number of anilines is 1. The van der Waals surface area contributed by atoms with Gasteiger partial charge in [0.05, 0.1) is 11.4 Å². The van der Waals surface area contributed by atoms with E-state index < -0.39 is 12.1 Å². The predicted molar refractivity (Wildman–Crippen MR) is 97.0 cm³/mol. The molecule has 1 N–H and O–H groups in total. The van der Waals surface area contributed by atoms with Crippen LogP contribution in [0.25, 0.3) is 0 Å². The van der Waals surface area contributed by atoms with Crippen LogP contribution in [0, 0.1) is 0 Å². The molecule has 0 bridgehead atoms. The average molecular weight is 397 g/mol. The number of carboxylic acids is 1. The summed E-state index contributed by atoms with van der Waals surface area (Å²) in [6, 6.07) is 6.09. The largest absolute Gasteiger partial charge is 0.490 e. The van der Waals surface area contributed by atoms with Gasteiger partial charge in [0, 0.05) is 51.9 Å². The zero-order chi connectivity index (χ0) is 20.7. The Labute approximate surface area is 160 Å². The van der Waals surface area contributed by atoms with Crippen LogP contribution in [0.15, 0.2) is 30.7 Å². The number of carboxylic acid groups (broad SMARTS) is 1. The molecule has 2 aromatic rings. The Kier molecular flexibility index (Phi) is 7.27. The maximum atomic E-state index is 10.6. The zero-order valence-corrected chi connectivity index (χ0v) is 15.6. The molecule has 0 unspecified atom stereocenters. The smallest absolute Gasteiger partial charge is 0.475 e. The monoisotopic (exact) mass is 397 g/mol. The lowest BCUT2D eigenvalue weighted by Gasteiger charge is -2.19. The van der Waals surface area contributed by atoms with Crippen LogP contribution in [-0.4, -0.2) is 64.3 Å². The number of halogens is 3. The first kappa shape index (κ1) is 21.5. The fourth-order valence-electron chi connectivity index (χ4n) is 2.82.